The van der Waals surface area contributed by atoms with Crippen molar-refractivity contribution in [3.8, 4) is 0 Å². The third-order valence-electron chi connectivity index (χ3n) is 3.27. The second-order valence-electron chi connectivity index (χ2n) is 6.35. The molecule has 0 aliphatic carbocycles. The van der Waals surface area contributed by atoms with E-state index in [4.69, 9.17) is 9.16 Å². The number of ether oxygens (including phenoxy) is 1. The van der Waals surface area contributed by atoms with Crippen LogP contribution in [0.1, 0.15) is 25.5 Å². The van der Waals surface area contributed by atoms with Gasteiger partial charge in [0, 0.05) is 6.08 Å². The smallest absolute Gasteiger partial charge is 0.205 e. The van der Waals surface area contributed by atoms with Crippen molar-refractivity contribution in [2.75, 3.05) is 0 Å². The number of benzene rings is 1. The first-order valence-electron chi connectivity index (χ1n) is 6.87. The molecule has 0 amide bonds. The number of hydrogen-bond donors (Lipinski definition) is 0. The minimum Gasteiger partial charge on any atom is -0.481 e. The summed E-state index contributed by atoms with van der Waals surface area (Å²) in [7, 11) is -1.82. The fourth-order valence-corrected chi connectivity index (χ4v) is 3.47. The van der Waals surface area contributed by atoms with E-state index in [1.807, 2.05) is 37.3 Å². The van der Waals surface area contributed by atoms with Gasteiger partial charge in [0.15, 0.2) is 13.9 Å². The zero-order valence-electron chi connectivity index (χ0n) is 12.8. The van der Waals surface area contributed by atoms with Gasteiger partial charge < -0.3 is 9.16 Å². The summed E-state index contributed by atoms with van der Waals surface area (Å²) < 4.78 is 12.1. The first-order valence-corrected chi connectivity index (χ1v) is 10.3. The SMILES string of the molecule is CC1=CC(=O)C(C)(C(O[Si](C)(C)C)c2ccccc2)O1. The molecule has 2 unspecified atom stereocenters. The van der Waals surface area contributed by atoms with Crippen LogP contribution in [0.25, 0.3) is 0 Å². The lowest BCUT2D eigenvalue weighted by Crippen LogP contribution is -2.45. The van der Waals surface area contributed by atoms with E-state index < -0.39 is 13.9 Å². The van der Waals surface area contributed by atoms with E-state index in [0.717, 1.165) is 5.56 Å². The van der Waals surface area contributed by atoms with E-state index in [1.165, 1.54) is 0 Å². The maximum absolute atomic E-state index is 12.3. The molecule has 1 aliphatic rings. The minimum atomic E-state index is -1.82. The van der Waals surface area contributed by atoms with Gasteiger partial charge in [-0.3, -0.25) is 4.79 Å². The van der Waals surface area contributed by atoms with Crippen LogP contribution < -0.4 is 0 Å². The third-order valence-corrected chi connectivity index (χ3v) is 4.21. The number of rotatable bonds is 4. The summed E-state index contributed by atoms with van der Waals surface area (Å²) in [4.78, 5) is 12.3. The van der Waals surface area contributed by atoms with Crippen LogP contribution in [0.15, 0.2) is 42.2 Å². The van der Waals surface area contributed by atoms with Crippen LogP contribution in [-0.2, 0) is 14.0 Å². The van der Waals surface area contributed by atoms with Crippen LogP contribution in [0.5, 0.6) is 0 Å². The van der Waals surface area contributed by atoms with Gasteiger partial charge in [-0.15, -0.1) is 0 Å². The van der Waals surface area contributed by atoms with Gasteiger partial charge in [0.05, 0.1) is 5.76 Å². The van der Waals surface area contributed by atoms with Gasteiger partial charge in [0.2, 0.25) is 5.78 Å². The summed E-state index contributed by atoms with van der Waals surface area (Å²) in [6.45, 7) is 9.98. The molecule has 0 spiro atoms. The Hall–Kier alpha value is -1.39. The van der Waals surface area contributed by atoms with Gasteiger partial charge in [-0.1, -0.05) is 30.3 Å². The Kier molecular flexibility index (Phi) is 3.89. The first kappa shape index (κ1) is 15.0. The highest BCUT2D eigenvalue weighted by Gasteiger charge is 2.48. The van der Waals surface area contributed by atoms with Crippen LogP contribution in [0, 0.1) is 0 Å². The van der Waals surface area contributed by atoms with Crippen LogP contribution in [0.2, 0.25) is 19.6 Å². The average Bonchev–Trinajstić information content (AvgIpc) is 2.61. The molecule has 1 aromatic carbocycles. The Balaban J connectivity index is 2.40. The van der Waals surface area contributed by atoms with Crippen LogP contribution >= 0.6 is 0 Å². The molecule has 0 aromatic heterocycles. The topological polar surface area (TPSA) is 35.5 Å². The highest BCUT2D eigenvalue weighted by Crippen LogP contribution is 2.40. The standard InChI is InChI=1S/C16H22O3Si/c1-12-11-14(17)16(2,18-12)15(19-20(3,4)5)13-9-7-6-8-10-13/h6-11,15H,1-5H3. The lowest BCUT2D eigenvalue weighted by Gasteiger charge is -2.37. The zero-order chi connectivity index (χ0) is 15.0. The van der Waals surface area contributed by atoms with Gasteiger partial charge in [0.25, 0.3) is 0 Å². The molecule has 1 aromatic rings. The minimum absolute atomic E-state index is 0.0258. The molecular weight excluding hydrogens is 268 g/mol. The van der Waals surface area contributed by atoms with Gasteiger partial charge in [-0.25, -0.2) is 0 Å². The van der Waals surface area contributed by atoms with E-state index in [-0.39, 0.29) is 11.9 Å². The average molecular weight is 290 g/mol. The summed E-state index contributed by atoms with van der Waals surface area (Å²) in [5.74, 6) is 0.625. The number of allylic oxidation sites excluding steroid dienone is 1. The predicted molar refractivity (Wildman–Crippen MR) is 81.9 cm³/mol. The quantitative estimate of drug-likeness (QED) is 0.790. The second-order valence-corrected chi connectivity index (χ2v) is 10.8. The Morgan fingerprint density at radius 1 is 1.20 bits per heavy atom. The summed E-state index contributed by atoms with van der Waals surface area (Å²) in [5.41, 5.74) is 0.0139. The van der Waals surface area contributed by atoms with E-state index in [2.05, 4.69) is 19.6 Å². The van der Waals surface area contributed by atoms with Crippen LogP contribution in [0.3, 0.4) is 0 Å². The molecule has 20 heavy (non-hydrogen) atoms. The van der Waals surface area contributed by atoms with Gasteiger partial charge >= 0.3 is 0 Å². The molecule has 0 saturated heterocycles. The van der Waals surface area contributed by atoms with Crippen molar-refractivity contribution < 1.29 is 14.0 Å². The van der Waals surface area contributed by atoms with Crippen molar-refractivity contribution in [3.63, 3.8) is 0 Å². The molecule has 2 rings (SSSR count). The summed E-state index contributed by atoms with van der Waals surface area (Å²) in [6.07, 6.45) is 1.18. The van der Waals surface area contributed by atoms with E-state index >= 15 is 0 Å². The van der Waals surface area contributed by atoms with Crippen molar-refractivity contribution >= 4 is 14.1 Å². The molecule has 4 heteroatoms. The Labute approximate surface area is 121 Å². The lowest BCUT2D eigenvalue weighted by molar-refractivity contribution is -0.139. The van der Waals surface area contributed by atoms with Crippen molar-refractivity contribution in [3.05, 3.63) is 47.7 Å². The highest BCUT2D eigenvalue weighted by atomic mass is 28.4. The maximum atomic E-state index is 12.3. The highest BCUT2D eigenvalue weighted by molar-refractivity contribution is 6.69. The molecular formula is C16H22O3Si. The first-order chi connectivity index (χ1) is 9.22. The largest absolute Gasteiger partial charge is 0.481 e. The van der Waals surface area contributed by atoms with Gasteiger partial charge in [-0.05, 0) is 39.1 Å². The molecule has 108 valence electrons. The lowest BCUT2D eigenvalue weighted by atomic mass is 9.90. The zero-order valence-corrected chi connectivity index (χ0v) is 13.8. The fourth-order valence-electron chi connectivity index (χ4n) is 2.40. The van der Waals surface area contributed by atoms with E-state index in [0.29, 0.717) is 5.76 Å². The Morgan fingerprint density at radius 3 is 2.25 bits per heavy atom. The normalized spacial score (nSPS) is 24.2. The molecule has 2 atom stereocenters. The molecule has 0 bridgehead atoms. The second kappa shape index (κ2) is 5.18. The maximum Gasteiger partial charge on any atom is 0.205 e. The van der Waals surface area contributed by atoms with Crippen molar-refractivity contribution in [1.29, 1.82) is 0 Å². The molecule has 0 saturated carbocycles. The Bertz CT molecular complexity index is 530. The summed E-state index contributed by atoms with van der Waals surface area (Å²) in [6, 6.07) is 9.84. The van der Waals surface area contributed by atoms with Crippen molar-refractivity contribution in [2.45, 2.75) is 45.2 Å². The van der Waals surface area contributed by atoms with Crippen LogP contribution in [0.4, 0.5) is 0 Å². The van der Waals surface area contributed by atoms with Gasteiger partial charge in [-0.2, -0.15) is 0 Å². The summed E-state index contributed by atoms with van der Waals surface area (Å²) >= 11 is 0. The molecule has 1 aliphatic heterocycles. The third kappa shape index (κ3) is 3.02. The molecule has 0 radical (unpaired) electrons. The number of hydrogen-bond acceptors (Lipinski definition) is 3. The molecule has 3 nitrogen and oxygen atoms in total. The molecule has 0 fully saturated rings. The number of carbonyl (C=O) groups is 1. The summed E-state index contributed by atoms with van der Waals surface area (Å²) in [5, 5.41) is 0. The van der Waals surface area contributed by atoms with E-state index in [9.17, 15) is 4.79 Å². The molecule has 1 heterocycles. The van der Waals surface area contributed by atoms with Crippen molar-refractivity contribution in [2.24, 2.45) is 0 Å². The molecule has 0 N–H and O–H groups in total. The number of ketones is 1. The fraction of sp³-hybridized carbons (Fsp3) is 0.438. The van der Waals surface area contributed by atoms with E-state index in [1.54, 1.807) is 13.0 Å². The van der Waals surface area contributed by atoms with Gasteiger partial charge in [0.1, 0.15) is 6.10 Å². The predicted octanol–water partition coefficient (Wildman–Crippen LogP) is 3.84. The van der Waals surface area contributed by atoms with Crippen LogP contribution in [-0.4, -0.2) is 19.7 Å². The van der Waals surface area contributed by atoms with Crippen molar-refractivity contribution in [1.82, 2.24) is 0 Å². The number of carbonyl (C=O) groups excluding carboxylic acids is 1. The monoisotopic (exact) mass is 290 g/mol. The Morgan fingerprint density at radius 2 is 1.80 bits per heavy atom.